The van der Waals surface area contributed by atoms with Crippen molar-refractivity contribution in [2.75, 3.05) is 13.2 Å². The zero-order valence-electron chi connectivity index (χ0n) is 14.3. The third-order valence-electron chi connectivity index (χ3n) is 4.10. The van der Waals surface area contributed by atoms with E-state index in [1.807, 2.05) is 12.1 Å². The molecule has 0 radical (unpaired) electrons. The van der Waals surface area contributed by atoms with E-state index in [1.165, 1.54) is 24.8 Å². The monoisotopic (exact) mass is 326 g/mol. The summed E-state index contributed by atoms with van der Waals surface area (Å²) < 4.78 is 5.68. The van der Waals surface area contributed by atoms with Crippen molar-refractivity contribution in [3.05, 3.63) is 59.7 Å². The molecule has 0 unspecified atom stereocenters. The number of hydrogen-bond acceptors (Lipinski definition) is 2. The van der Waals surface area contributed by atoms with Gasteiger partial charge in [0.1, 0.15) is 0 Å². The second kappa shape index (κ2) is 9.89. The van der Waals surface area contributed by atoms with Crippen LogP contribution in [-0.4, -0.2) is 24.3 Å². The molecule has 2 aromatic rings. The summed E-state index contributed by atoms with van der Waals surface area (Å²) in [4.78, 5) is 10.9. The van der Waals surface area contributed by atoms with Gasteiger partial charge in [0, 0.05) is 6.61 Å². The molecule has 24 heavy (non-hydrogen) atoms. The van der Waals surface area contributed by atoms with Crippen molar-refractivity contribution in [2.45, 2.75) is 39.0 Å². The Morgan fingerprint density at radius 2 is 1.50 bits per heavy atom. The second-order valence-corrected chi connectivity index (χ2v) is 6.00. The van der Waals surface area contributed by atoms with Crippen LogP contribution in [0.15, 0.2) is 48.5 Å². The first-order valence-electron chi connectivity index (χ1n) is 8.71. The number of benzene rings is 2. The lowest BCUT2D eigenvalue weighted by Crippen LogP contribution is -2.00. The van der Waals surface area contributed by atoms with Crippen molar-refractivity contribution in [2.24, 2.45) is 0 Å². The highest BCUT2D eigenvalue weighted by Crippen LogP contribution is 2.20. The maximum absolute atomic E-state index is 10.9. The number of rotatable bonds is 10. The van der Waals surface area contributed by atoms with Gasteiger partial charge in [-0.2, -0.15) is 0 Å². The van der Waals surface area contributed by atoms with Crippen molar-refractivity contribution in [1.29, 1.82) is 0 Å². The Morgan fingerprint density at radius 1 is 0.875 bits per heavy atom. The van der Waals surface area contributed by atoms with Crippen molar-refractivity contribution in [3.63, 3.8) is 0 Å². The molecule has 0 aliphatic heterocycles. The number of carbonyl (C=O) groups is 1. The Morgan fingerprint density at radius 3 is 2.08 bits per heavy atom. The maximum Gasteiger partial charge on any atom is 0.335 e. The van der Waals surface area contributed by atoms with Crippen LogP contribution < -0.4 is 0 Å². The first-order chi connectivity index (χ1) is 11.7. The molecule has 0 aliphatic rings. The van der Waals surface area contributed by atoms with Crippen LogP contribution in [0.25, 0.3) is 11.1 Å². The Bertz CT molecular complexity index is 615. The molecule has 0 saturated heterocycles. The molecular weight excluding hydrogens is 300 g/mol. The van der Waals surface area contributed by atoms with Gasteiger partial charge >= 0.3 is 5.97 Å². The van der Waals surface area contributed by atoms with Crippen LogP contribution in [0.4, 0.5) is 0 Å². The average molecular weight is 326 g/mol. The van der Waals surface area contributed by atoms with Crippen LogP contribution in [0, 0.1) is 0 Å². The summed E-state index contributed by atoms with van der Waals surface area (Å²) in [5.41, 5.74) is 3.69. The smallest absolute Gasteiger partial charge is 0.335 e. The normalized spacial score (nSPS) is 10.7. The first-order valence-corrected chi connectivity index (χ1v) is 8.71. The highest BCUT2D eigenvalue weighted by atomic mass is 16.5. The molecular formula is C21H26O3. The van der Waals surface area contributed by atoms with E-state index in [-0.39, 0.29) is 0 Å². The largest absolute Gasteiger partial charge is 0.478 e. The molecule has 0 fully saturated rings. The third-order valence-corrected chi connectivity index (χ3v) is 4.10. The van der Waals surface area contributed by atoms with Gasteiger partial charge in [-0.25, -0.2) is 4.79 Å². The molecule has 0 atom stereocenters. The fourth-order valence-electron chi connectivity index (χ4n) is 2.59. The number of aromatic carboxylic acids is 1. The molecule has 0 spiro atoms. The Balaban J connectivity index is 1.79. The zero-order valence-corrected chi connectivity index (χ0v) is 14.3. The second-order valence-electron chi connectivity index (χ2n) is 6.00. The molecule has 0 saturated carbocycles. The predicted octanol–water partition coefficient (Wildman–Crippen LogP) is 5.19. The standard InChI is InChI=1S/C21H26O3/c1-2-3-4-5-15-24-16-14-17-6-8-18(9-7-17)19-10-12-20(13-11-19)21(22)23/h6-13H,2-5,14-16H2,1H3,(H,22,23). The minimum Gasteiger partial charge on any atom is -0.478 e. The van der Waals surface area contributed by atoms with E-state index >= 15 is 0 Å². The number of carboxylic acid groups (broad SMARTS) is 1. The highest BCUT2D eigenvalue weighted by Gasteiger charge is 2.03. The van der Waals surface area contributed by atoms with E-state index in [4.69, 9.17) is 9.84 Å². The number of ether oxygens (including phenoxy) is 1. The molecule has 1 N–H and O–H groups in total. The molecule has 3 heteroatoms. The molecule has 2 aromatic carbocycles. The molecule has 128 valence electrons. The lowest BCUT2D eigenvalue weighted by atomic mass is 10.0. The summed E-state index contributed by atoms with van der Waals surface area (Å²) in [7, 11) is 0. The van der Waals surface area contributed by atoms with Gasteiger partial charge in [-0.05, 0) is 41.7 Å². The first kappa shape index (κ1) is 18.2. The zero-order chi connectivity index (χ0) is 17.2. The van der Waals surface area contributed by atoms with Gasteiger partial charge in [0.15, 0.2) is 0 Å². The minimum atomic E-state index is -0.897. The quantitative estimate of drug-likeness (QED) is 0.611. The topological polar surface area (TPSA) is 46.5 Å². The van der Waals surface area contributed by atoms with E-state index in [0.29, 0.717) is 5.56 Å². The third kappa shape index (κ3) is 5.82. The van der Waals surface area contributed by atoms with Gasteiger partial charge in [-0.15, -0.1) is 0 Å². The van der Waals surface area contributed by atoms with E-state index in [1.54, 1.807) is 12.1 Å². The van der Waals surface area contributed by atoms with Crippen LogP contribution in [0.1, 0.15) is 48.5 Å². The van der Waals surface area contributed by atoms with Gasteiger partial charge in [0.2, 0.25) is 0 Å². The minimum absolute atomic E-state index is 0.312. The molecule has 0 aliphatic carbocycles. The van der Waals surface area contributed by atoms with Gasteiger partial charge in [0.05, 0.1) is 12.2 Å². The van der Waals surface area contributed by atoms with Gasteiger partial charge in [-0.1, -0.05) is 62.6 Å². The molecule has 3 nitrogen and oxygen atoms in total. The molecule has 0 amide bonds. The number of unbranched alkanes of at least 4 members (excludes halogenated alkanes) is 3. The SMILES string of the molecule is CCCCCCOCCc1ccc(-c2ccc(C(=O)O)cc2)cc1. The summed E-state index contributed by atoms with van der Waals surface area (Å²) in [5, 5.41) is 8.93. The van der Waals surface area contributed by atoms with Crippen LogP contribution in [-0.2, 0) is 11.2 Å². The Kier molecular flexibility index (Phi) is 7.50. The molecule has 2 rings (SSSR count). The van der Waals surface area contributed by atoms with Crippen LogP contribution in [0.3, 0.4) is 0 Å². The van der Waals surface area contributed by atoms with E-state index in [2.05, 4.69) is 31.2 Å². The van der Waals surface area contributed by atoms with Gasteiger partial charge in [-0.3, -0.25) is 0 Å². The fourth-order valence-corrected chi connectivity index (χ4v) is 2.59. The lowest BCUT2D eigenvalue weighted by Gasteiger charge is -2.06. The molecule has 0 heterocycles. The van der Waals surface area contributed by atoms with E-state index < -0.39 is 5.97 Å². The Hall–Kier alpha value is -2.13. The van der Waals surface area contributed by atoms with E-state index in [9.17, 15) is 4.79 Å². The number of carboxylic acids is 1. The van der Waals surface area contributed by atoms with Gasteiger partial charge < -0.3 is 9.84 Å². The Labute approximate surface area is 144 Å². The lowest BCUT2D eigenvalue weighted by molar-refractivity contribution is 0.0697. The summed E-state index contributed by atoms with van der Waals surface area (Å²) in [6.07, 6.45) is 5.88. The fraction of sp³-hybridized carbons (Fsp3) is 0.381. The average Bonchev–Trinajstić information content (AvgIpc) is 2.61. The number of hydrogen-bond donors (Lipinski definition) is 1. The van der Waals surface area contributed by atoms with Crippen LogP contribution in [0.5, 0.6) is 0 Å². The summed E-state index contributed by atoms with van der Waals surface area (Å²) in [5.74, 6) is -0.897. The van der Waals surface area contributed by atoms with Crippen molar-refractivity contribution in [3.8, 4) is 11.1 Å². The summed E-state index contributed by atoms with van der Waals surface area (Å²) in [6.45, 7) is 3.83. The van der Waals surface area contributed by atoms with Gasteiger partial charge in [0.25, 0.3) is 0 Å². The van der Waals surface area contributed by atoms with Crippen molar-refractivity contribution < 1.29 is 14.6 Å². The summed E-state index contributed by atoms with van der Waals surface area (Å²) >= 11 is 0. The molecule has 0 bridgehead atoms. The van der Waals surface area contributed by atoms with Crippen molar-refractivity contribution in [1.82, 2.24) is 0 Å². The maximum atomic E-state index is 10.9. The predicted molar refractivity (Wildman–Crippen MR) is 97.5 cm³/mol. The summed E-state index contributed by atoms with van der Waals surface area (Å²) in [6, 6.07) is 15.3. The van der Waals surface area contributed by atoms with Crippen LogP contribution in [0.2, 0.25) is 0 Å². The highest BCUT2D eigenvalue weighted by molar-refractivity contribution is 5.88. The van der Waals surface area contributed by atoms with Crippen molar-refractivity contribution >= 4 is 5.97 Å². The molecule has 0 aromatic heterocycles. The van der Waals surface area contributed by atoms with Crippen LogP contribution >= 0.6 is 0 Å². The van der Waals surface area contributed by atoms with E-state index in [0.717, 1.165) is 37.2 Å².